The Bertz CT molecular complexity index is 262. The zero-order chi connectivity index (χ0) is 13.6. The Balaban J connectivity index is 3.31. The third-order valence-corrected chi connectivity index (χ3v) is 2.40. The number of hydrogen-bond acceptors (Lipinski definition) is 4. The van der Waals surface area contributed by atoms with Gasteiger partial charge in [-0.25, -0.2) is 9.59 Å². The Morgan fingerprint density at radius 1 is 0.778 bits per heavy atom. The van der Waals surface area contributed by atoms with Gasteiger partial charge in [-0.1, -0.05) is 25.0 Å². The number of rotatable bonds is 9. The molecule has 4 nitrogen and oxygen atoms in total. The van der Waals surface area contributed by atoms with Gasteiger partial charge in [0.15, 0.2) is 0 Å². The van der Waals surface area contributed by atoms with Gasteiger partial charge in [0.2, 0.25) is 0 Å². The van der Waals surface area contributed by atoms with Gasteiger partial charge >= 0.3 is 11.9 Å². The SMILES string of the molecule is COC(=O)/C=C/CCCCCC/C=C/C(=O)OC. The van der Waals surface area contributed by atoms with Crippen molar-refractivity contribution in [3.63, 3.8) is 0 Å². The standard InChI is InChI=1S/C14H22O4/c1-17-13(15)11-9-7-5-3-4-6-8-10-12-14(16)18-2/h9-12H,3-8H2,1-2H3/b11-9+,12-10+. The second kappa shape index (κ2) is 11.9. The van der Waals surface area contributed by atoms with Crippen molar-refractivity contribution in [3.8, 4) is 0 Å². The van der Waals surface area contributed by atoms with Crippen LogP contribution in [-0.2, 0) is 19.1 Å². The number of unbranched alkanes of at least 4 members (excludes halogenated alkanes) is 5. The van der Waals surface area contributed by atoms with E-state index in [9.17, 15) is 9.59 Å². The molecule has 0 fully saturated rings. The van der Waals surface area contributed by atoms with E-state index < -0.39 is 0 Å². The van der Waals surface area contributed by atoms with Crippen molar-refractivity contribution < 1.29 is 19.1 Å². The second-order valence-electron chi connectivity index (χ2n) is 3.84. The molecule has 0 heterocycles. The molecule has 0 aromatic carbocycles. The summed E-state index contributed by atoms with van der Waals surface area (Å²) in [4.78, 5) is 21.5. The number of ether oxygens (including phenoxy) is 2. The van der Waals surface area contributed by atoms with Gasteiger partial charge in [0.1, 0.15) is 0 Å². The van der Waals surface area contributed by atoms with Gasteiger partial charge in [-0.2, -0.15) is 0 Å². The van der Waals surface area contributed by atoms with Gasteiger partial charge in [-0.15, -0.1) is 0 Å². The Hall–Kier alpha value is -1.58. The maximum atomic E-state index is 10.7. The molecule has 0 saturated carbocycles. The van der Waals surface area contributed by atoms with Gasteiger partial charge in [0, 0.05) is 12.2 Å². The molecule has 4 heteroatoms. The fourth-order valence-corrected chi connectivity index (χ4v) is 1.37. The minimum Gasteiger partial charge on any atom is -0.466 e. The van der Waals surface area contributed by atoms with E-state index in [-0.39, 0.29) is 11.9 Å². The number of esters is 2. The molecule has 0 aliphatic carbocycles. The minimum absolute atomic E-state index is 0.303. The summed E-state index contributed by atoms with van der Waals surface area (Å²) in [6.07, 6.45) is 12.8. The van der Waals surface area contributed by atoms with Crippen molar-refractivity contribution in [3.05, 3.63) is 24.3 Å². The molecule has 0 bridgehead atoms. The molecule has 0 aromatic rings. The molecule has 0 aliphatic heterocycles. The number of allylic oxidation sites excluding steroid dienone is 2. The lowest BCUT2D eigenvalue weighted by Gasteiger charge is -1.97. The van der Waals surface area contributed by atoms with E-state index in [1.165, 1.54) is 26.4 Å². The van der Waals surface area contributed by atoms with Crippen LogP contribution in [-0.4, -0.2) is 26.2 Å². The van der Waals surface area contributed by atoms with Gasteiger partial charge < -0.3 is 9.47 Å². The van der Waals surface area contributed by atoms with E-state index in [0.717, 1.165) is 38.5 Å². The zero-order valence-electron chi connectivity index (χ0n) is 11.2. The highest BCUT2D eigenvalue weighted by Gasteiger charge is 1.92. The van der Waals surface area contributed by atoms with Crippen LogP contribution in [0.15, 0.2) is 24.3 Å². The van der Waals surface area contributed by atoms with Crippen molar-refractivity contribution >= 4 is 11.9 Å². The average Bonchev–Trinajstić information content (AvgIpc) is 2.40. The Labute approximate surface area is 109 Å². The van der Waals surface area contributed by atoms with Crippen LogP contribution >= 0.6 is 0 Å². The summed E-state index contributed by atoms with van der Waals surface area (Å²) < 4.78 is 8.96. The van der Waals surface area contributed by atoms with E-state index in [2.05, 4.69) is 9.47 Å². The molecule has 0 rings (SSSR count). The quantitative estimate of drug-likeness (QED) is 0.360. The lowest BCUT2D eigenvalue weighted by atomic mass is 10.1. The number of carbonyl (C=O) groups excluding carboxylic acids is 2. The summed E-state index contributed by atoms with van der Waals surface area (Å²) in [5, 5.41) is 0. The first-order valence-electron chi connectivity index (χ1n) is 6.19. The molecule has 0 amide bonds. The van der Waals surface area contributed by atoms with Crippen molar-refractivity contribution in [2.45, 2.75) is 38.5 Å². The van der Waals surface area contributed by atoms with Gasteiger partial charge in [0.05, 0.1) is 14.2 Å². The molecule has 0 aromatic heterocycles. The number of hydrogen-bond donors (Lipinski definition) is 0. The molecule has 0 radical (unpaired) electrons. The number of methoxy groups -OCH3 is 2. The molecule has 0 saturated heterocycles. The first kappa shape index (κ1) is 16.4. The number of carbonyl (C=O) groups is 2. The largest absolute Gasteiger partial charge is 0.466 e. The highest BCUT2D eigenvalue weighted by atomic mass is 16.5. The van der Waals surface area contributed by atoms with Crippen LogP contribution < -0.4 is 0 Å². The lowest BCUT2D eigenvalue weighted by molar-refractivity contribution is -0.135. The Morgan fingerprint density at radius 2 is 1.17 bits per heavy atom. The predicted octanol–water partition coefficient (Wildman–Crippen LogP) is 2.79. The van der Waals surface area contributed by atoms with E-state index >= 15 is 0 Å². The summed E-state index contributed by atoms with van der Waals surface area (Å²) >= 11 is 0. The topological polar surface area (TPSA) is 52.6 Å². The highest BCUT2D eigenvalue weighted by Crippen LogP contribution is 2.06. The van der Waals surface area contributed by atoms with Gasteiger partial charge in [0.25, 0.3) is 0 Å². The third kappa shape index (κ3) is 10.9. The van der Waals surface area contributed by atoms with E-state index in [1.54, 1.807) is 0 Å². The first-order chi connectivity index (χ1) is 8.70. The summed E-state index contributed by atoms with van der Waals surface area (Å²) in [7, 11) is 2.74. The fourth-order valence-electron chi connectivity index (χ4n) is 1.37. The van der Waals surface area contributed by atoms with Crippen LogP contribution in [0, 0.1) is 0 Å². The molecule has 0 atom stereocenters. The molecular weight excluding hydrogens is 232 g/mol. The fraction of sp³-hybridized carbons (Fsp3) is 0.571. The van der Waals surface area contributed by atoms with Gasteiger partial charge in [-0.3, -0.25) is 0 Å². The van der Waals surface area contributed by atoms with Crippen molar-refractivity contribution in [1.29, 1.82) is 0 Å². The third-order valence-electron chi connectivity index (χ3n) is 2.40. The summed E-state index contributed by atoms with van der Waals surface area (Å²) in [5.41, 5.74) is 0. The molecule has 0 aliphatic rings. The molecule has 18 heavy (non-hydrogen) atoms. The molecular formula is C14H22O4. The van der Waals surface area contributed by atoms with Crippen LogP contribution in [0.5, 0.6) is 0 Å². The van der Waals surface area contributed by atoms with E-state index in [4.69, 9.17) is 0 Å². The Morgan fingerprint density at radius 3 is 1.50 bits per heavy atom. The van der Waals surface area contributed by atoms with Gasteiger partial charge in [-0.05, 0) is 25.7 Å². The smallest absolute Gasteiger partial charge is 0.330 e. The van der Waals surface area contributed by atoms with Crippen LogP contribution in [0.1, 0.15) is 38.5 Å². The minimum atomic E-state index is -0.303. The molecule has 0 N–H and O–H groups in total. The van der Waals surface area contributed by atoms with Crippen LogP contribution in [0.3, 0.4) is 0 Å². The maximum Gasteiger partial charge on any atom is 0.330 e. The van der Waals surface area contributed by atoms with Crippen LogP contribution in [0.2, 0.25) is 0 Å². The first-order valence-corrected chi connectivity index (χ1v) is 6.19. The van der Waals surface area contributed by atoms with Crippen LogP contribution in [0.25, 0.3) is 0 Å². The van der Waals surface area contributed by atoms with E-state index in [0.29, 0.717) is 0 Å². The van der Waals surface area contributed by atoms with Crippen molar-refractivity contribution in [2.24, 2.45) is 0 Å². The lowest BCUT2D eigenvalue weighted by Crippen LogP contribution is -1.93. The normalized spacial score (nSPS) is 11.0. The molecule has 102 valence electrons. The van der Waals surface area contributed by atoms with Crippen molar-refractivity contribution in [1.82, 2.24) is 0 Å². The maximum absolute atomic E-state index is 10.7. The van der Waals surface area contributed by atoms with Crippen LogP contribution in [0.4, 0.5) is 0 Å². The molecule has 0 spiro atoms. The zero-order valence-corrected chi connectivity index (χ0v) is 11.2. The van der Waals surface area contributed by atoms with E-state index in [1.807, 2.05) is 12.2 Å². The molecule has 0 unspecified atom stereocenters. The van der Waals surface area contributed by atoms with Crippen molar-refractivity contribution in [2.75, 3.05) is 14.2 Å². The second-order valence-corrected chi connectivity index (χ2v) is 3.84. The predicted molar refractivity (Wildman–Crippen MR) is 70.0 cm³/mol. The Kier molecular flexibility index (Phi) is 10.8. The summed E-state index contributed by atoms with van der Waals surface area (Å²) in [5.74, 6) is -0.606. The monoisotopic (exact) mass is 254 g/mol. The highest BCUT2D eigenvalue weighted by molar-refractivity contribution is 5.81. The summed E-state index contributed by atoms with van der Waals surface area (Å²) in [6.45, 7) is 0. The summed E-state index contributed by atoms with van der Waals surface area (Å²) in [6, 6.07) is 0. The average molecular weight is 254 g/mol.